The number of thiazole rings is 1. The molecule has 0 aliphatic carbocycles. The number of nitrogens with zero attached hydrogens (tertiary/aromatic N) is 3. The predicted octanol–water partition coefficient (Wildman–Crippen LogP) is 5.55. The first-order valence-electron chi connectivity index (χ1n) is 12.2. The second-order valence-electron chi connectivity index (χ2n) is 9.11. The summed E-state index contributed by atoms with van der Waals surface area (Å²) in [5, 5.41) is 0.597. The highest BCUT2D eigenvalue weighted by Crippen LogP contribution is 2.34. The van der Waals surface area contributed by atoms with Crippen molar-refractivity contribution in [3.8, 4) is 0 Å². The molecular weight excluding hydrogens is 490 g/mol. The van der Waals surface area contributed by atoms with Crippen LogP contribution in [0.5, 0.6) is 0 Å². The van der Waals surface area contributed by atoms with Crippen molar-refractivity contribution < 1.29 is 13.2 Å². The maximum absolute atomic E-state index is 14.1. The van der Waals surface area contributed by atoms with Gasteiger partial charge in [0.25, 0.3) is 0 Å². The van der Waals surface area contributed by atoms with Gasteiger partial charge in [-0.1, -0.05) is 78.4 Å². The van der Waals surface area contributed by atoms with Crippen LogP contribution in [0.2, 0.25) is 0 Å². The summed E-state index contributed by atoms with van der Waals surface area (Å²) < 4.78 is 29.5. The Bertz CT molecular complexity index is 1480. The minimum atomic E-state index is -3.80. The highest BCUT2D eigenvalue weighted by atomic mass is 32.2. The van der Waals surface area contributed by atoms with Gasteiger partial charge in [-0.25, -0.2) is 13.4 Å². The number of carbonyl (C=O) groups excluding carboxylic acids is 1. The second-order valence-corrected chi connectivity index (χ2v) is 12.0. The van der Waals surface area contributed by atoms with E-state index >= 15 is 0 Å². The standard InChI is InChI=1S/C28H29N3O3S2/c1-3-22-11-7-13-25-26(22)29-28(35-25)30(19-21-9-5-4-6-10-21)27(32)24-12-8-18-31(24)36(33,34)23-16-14-20(2)15-17-23/h4-7,9-11,13-17,24H,3,8,12,18-19H2,1-2H3. The van der Waals surface area contributed by atoms with E-state index in [0.29, 0.717) is 31.1 Å². The van der Waals surface area contributed by atoms with Gasteiger partial charge in [0.1, 0.15) is 6.04 Å². The van der Waals surface area contributed by atoms with Crippen LogP contribution in [0.15, 0.2) is 77.7 Å². The van der Waals surface area contributed by atoms with Gasteiger partial charge in [0.05, 0.1) is 21.7 Å². The molecule has 8 heteroatoms. The van der Waals surface area contributed by atoms with Gasteiger partial charge in [-0.15, -0.1) is 0 Å². The van der Waals surface area contributed by atoms with E-state index in [0.717, 1.165) is 33.3 Å². The van der Waals surface area contributed by atoms with Gasteiger partial charge < -0.3 is 0 Å². The zero-order valence-corrected chi connectivity index (χ0v) is 22.1. The van der Waals surface area contributed by atoms with E-state index in [1.807, 2.05) is 49.4 Å². The van der Waals surface area contributed by atoms with Crippen molar-refractivity contribution in [3.05, 3.63) is 89.5 Å². The molecule has 0 spiro atoms. The lowest BCUT2D eigenvalue weighted by atomic mass is 10.1. The van der Waals surface area contributed by atoms with Crippen LogP contribution in [-0.2, 0) is 27.8 Å². The molecule has 0 bridgehead atoms. The van der Waals surface area contributed by atoms with Crippen LogP contribution in [0, 0.1) is 6.92 Å². The SMILES string of the molecule is CCc1cccc2sc(N(Cc3ccccc3)C(=O)C3CCCN3S(=O)(=O)c3ccc(C)cc3)nc12. The number of fused-ring (bicyclic) bond motifs is 1. The summed E-state index contributed by atoms with van der Waals surface area (Å²) in [7, 11) is -3.80. The highest BCUT2D eigenvalue weighted by Gasteiger charge is 2.42. The van der Waals surface area contributed by atoms with E-state index in [-0.39, 0.29) is 10.8 Å². The third-order valence-corrected chi connectivity index (χ3v) is 9.63. The Morgan fingerprint density at radius 2 is 1.81 bits per heavy atom. The molecule has 36 heavy (non-hydrogen) atoms. The van der Waals surface area contributed by atoms with Gasteiger partial charge in [-0.3, -0.25) is 9.69 Å². The molecule has 5 rings (SSSR count). The number of amides is 1. The molecule has 1 saturated heterocycles. The van der Waals surface area contributed by atoms with Crippen LogP contribution in [0.1, 0.15) is 36.5 Å². The Kier molecular flexibility index (Phi) is 6.92. The number of anilines is 1. The number of sulfonamides is 1. The summed E-state index contributed by atoms with van der Waals surface area (Å²) in [6.45, 7) is 4.66. The molecular formula is C28H29N3O3S2. The van der Waals surface area contributed by atoms with Crippen molar-refractivity contribution in [1.82, 2.24) is 9.29 Å². The minimum Gasteiger partial charge on any atom is -0.282 e. The van der Waals surface area contributed by atoms with Crippen LogP contribution in [0.25, 0.3) is 10.2 Å². The topological polar surface area (TPSA) is 70.6 Å². The first-order chi connectivity index (χ1) is 17.4. The molecule has 1 fully saturated rings. The van der Waals surface area contributed by atoms with Crippen molar-refractivity contribution in [2.45, 2.75) is 50.6 Å². The fourth-order valence-corrected chi connectivity index (χ4v) is 7.37. The number of rotatable bonds is 7. The van der Waals surface area contributed by atoms with Gasteiger partial charge in [-0.2, -0.15) is 4.31 Å². The molecule has 4 aromatic rings. The Morgan fingerprint density at radius 3 is 2.53 bits per heavy atom. The number of hydrogen-bond donors (Lipinski definition) is 0. The van der Waals surface area contributed by atoms with Crippen LogP contribution in [0.3, 0.4) is 0 Å². The molecule has 0 saturated carbocycles. The summed E-state index contributed by atoms with van der Waals surface area (Å²) in [6, 6.07) is 21.9. The lowest BCUT2D eigenvalue weighted by Crippen LogP contribution is -2.47. The highest BCUT2D eigenvalue weighted by molar-refractivity contribution is 7.89. The molecule has 1 atom stereocenters. The Balaban J connectivity index is 1.53. The average molecular weight is 520 g/mol. The van der Waals surface area contributed by atoms with E-state index in [4.69, 9.17) is 4.98 Å². The molecule has 1 aromatic heterocycles. The Hall–Kier alpha value is -3.07. The van der Waals surface area contributed by atoms with E-state index < -0.39 is 16.1 Å². The van der Waals surface area contributed by atoms with Gasteiger partial charge in [0.2, 0.25) is 15.9 Å². The van der Waals surface area contributed by atoms with Crippen LogP contribution in [-0.4, -0.2) is 36.2 Å². The van der Waals surface area contributed by atoms with Crippen molar-refractivity contribution in [2.24, 2.45) is 0 Å². The largest absolute Gasteiger partial charge is 0.282 e. The second kappa shape index (κ2) is 10.1. The van der Waals surface area contributed by atoms with Crippen LogP contribution >= 0.6 is 11.3 Å². The fraction of sp³-hybridized carbons (Fsp3) is 0.286. The molecule has 1 aliphatic heterocycles. The maximum Gasteiger partial charge on any atom is 0.247 e. The van der Waals surface area contributed by atoms with Gasteiger partial charge in [0.15, 0.2) is 5.13 Å². The summed E-state index contributed by atoms with van der Waals surface area (Å²) in [4.78, 5) is 20.9. The number of aryl methyl sites for hydroxylation is 2. The van der Waals surface area contributed by atoms with Gasteiger partial charge in [0, 0.05) is 6.54 Å². The molecule has 186 valence electrons. The molecule has 2 heterocycles. The lowest BCUT2D eigenvalue weighted by molar-refractivity contribution is -0.121. The third-order valence-electron chi connectivity index (χ3n) is 6.67. The van der Waals surface area contributed by atoms with Gasteiger partial charge in [-0.05, 0) is 55.5 Å². The van der Waals surface area contributed by atoms with Crippen molar-refractivity contribution in [2.75, 3.05) is 11.4 Å². The monoisotopic (exact) mass is 519 g/mol. The van der Waals surface area contributed by atoms with E-state index in [1.165, 1.54) is 15.6 Å². The van der Waals surface area contributed by atoms with E-state index in [2.05, 4.69) is 13.0 Å². The predicted molar refractivity (Wildman–Crippen MR) is 145 cm³/mol. The maximum atomic E-state index is 14.1. The zero-order chi connectivity index (χ0) is 25.3. The number of para-hydroxylation sites is 1. The average Bonchev–Trinajstić information content (AvgIpc) is 3.55. The molecule has 3 aromatic carbocycles. The molecule has 1 amide bonds. The van der Waals surface area contributed by atoms with Gasteiger partial charge >= 0.3 is 0 Å². The summed E-state index contributed by atoms with van der Waals surface area (Å²) in [5.74, 6) is -0.232. The smallest absolute Gasteiger partial charge is 0.247 e. The summed E-state index contributed by atoms with van der Waals surface area (Å²) >= 11 is 1.47. The number of aromatic nitrogens is 1. The molecule has 1 aliphatic rings. The van der Waals surface area contributed by atoms with Crippen molar-refractivity contribution in [1.29, 1.82) is 0 Å². The molecule has 0 radical (unpaired) electrons. The van der Waals surface area contributed by atoms with E-state index in [9.17, 15) is 13.2 Å². The first kappa shape index (κ1) is 24.6. The van der Waals surface area contributed by atoms with E-state index in [1.54, 1.807) is 29.2 Å². The normalized spacial score (nSPS) is 16.4. The molecule has 0 N–H and O–H groups in total. The first-order valence-corrected chi connectivity index (χ1v) is 14.5. The number of benzene rings is 3. The third kappa shape index (κ3) is 4.68. The number of hydrogen-bond acceptors (Lipinski definition) is 5. The number of carbonyl (C=O) groups is 1. The Morgan fingerprint density at radius 1 is 1.06 bits per heavy atom. The molecule has 1 unspecified atom stereocenters. The summed E-state index contributed by atoms with van der Waals surface area (Å²) in [6.07, 6.45) is 1.97. The quantitative estimate of drug-likeness (QED) is 0.321. The lowest BCUT2D eigenvalue weighted by Gasteiger charge is -2.28. The molecule has 6 nitrogen and oxygen atoms in total. The Labute approximate surface area is 216 Å². The minimum absolute atomic E-state index is 0.218. The van der Waals surface area contributed by atoms with Crippen molar-refractivity contribution >= 4 is 42.6 Å². The fourth-order valence-electron chi connectivity index (χ4n) is 4.70. The zero-order valence-electron chi connectivity index (χ0n) is 20.4. The van der Waals surface area contributed by atoms with Crippen LogP contribution in [0.4, 0.5) is 5.13 Å². The van der Waals surface area contributed by atoms with Crippen molar-refractivity contribution in [3.63, 3.8) is 0 Å². The summed E-state index contributed by atoms with van der Waals surface area (Å²) in [5.41, 5.74) is 3.99. The van der Waals surface area contributed by atoms with Crippen LogP contribution < -0.4 is 4.90 Å².